The zero-order valence-corrected chi connectivity index (χ0v) is 31.8. The number of ether oxygens (including phenoxy) is 2. The molecule has 0 bridgehead atoms. The molecule has 4 fully saturated rings. The fourth-order valence-electron chi connectivity index (χ4n) is 10.9. The van der Waals surface area contributed by atoms with Crippen LogP contribution in [0.3, 0.4) is 0 Å². The summed E-state index contributed by atoms with van der Waals surface area (Å²) < 4.78 is 24.8. The molecule has 1 aliphatic heterocycles. The molecular weight excluding hydrogens is 713 g/mol. The first kappa shape index (κ1) is 38.8. The Labute approximate surface area is 321 Å². The maximum absolute atomic E-state index is 13.8. The van der Waals surface area contributed by atoms with E-state index in [0.717, 1.165) is 24.0 Å². The number of carbonyl (C=O) groups is 3. The van der Waals surface area contributed by atoms with Crippen molar-refractivity contribution in [2.75, 3.05) is 26.2 Å². The number of carbonyl (C=O) groups excluding carboxylic acids is 3. The molecule has 11 heteroatoms. The highest BCUT2D eigenvalue weighted by atomic mass is 35.5. The van der Waals surface area contributed by atoms with Gasteiger partial charge in [0, 0.05) is 42.1 Å². The summed E-state index contributed by atoms with van der Waals surface area (Å²) in [5.74, 6) is -0.769. The van der Waals surface area contributed by atoms with Gasteiger partial charge < -0.3 is 29.7 Å². The number of piperidine rings is 1. The van der Waals surface area contributed by atoms with Gasteiger partial charge in [0.1, 0.15) is 17.2 Å². The summed E-state index contributed by atoms with van der Waals surface area (Å²) >= 11 is 6.03. The number of allylic oxidation sites excluding steroid dienone is 1. The zero-order valence-electron chi connectivity index (χ0n) is 31.1. The number of ketones is 2. The largest absolute Gasteiger partial charge is 0.514 e. The minimum Gasteiger partial charge on any atom is -0.426 e. The highest BCUT2D eigenvalue weighted by molar-refractivity contribution is 6.30. The lowest BCUT2D eigenvalue weighted by atomic mass is 9.45. The fourth-order valence-corrected chi connectivity index (χ4v) is 11.0. The number of aliphatic hydroxyl groups excluding tert-OH is 1. The summed E-state index contributed by atoms with van der Waals surface area (Å²) in [6.07, 6.45) is 6.94. The predicted molar refractivity (Wildman–Crippen MR) is 201 cm³/mol. The number of nitrogens with zero attached hydrogens (tertiary/aromatic N) is 1. The Kier molecular flexibility index (Phi) is 10.7. The zero-order chi connectivity index (χ0) is 38.5. The third-order valence-corrected chi connectivity index (χ3v) is 14.2. The quantitative estimate of drug-likeness (QED) is 0.180. The number of halogens is 2. The molecule has 3 N–H and O–H groups in total. The van der Waals surface area contributed by atoms with E-state index in [4.69, 9.17) is 21.1 Å². The number of fused-ring (bicyclic) bond motifs is 5. The molecule has 9 nitrogen and oxygen atoms in total. The topological polar surface area (TPSA) is 134 Å². The van der Waals surface area contributed by atoms with Crippen LogP contribution in [0.1, 0.15) is 89.2 Å². The van der Waals surface area contributed by atoms with Gasteiger partial charge in [-0.3, -0.25) is 9.59 Å². The van der Waals surface area contributed by atoms with E-state index in [-0.39, 0.29) is 47.6 Å². The Morgan fingerprint density at radius 1 is 0.981 bits per heavy atom. The monoisotopic (exact) mass is 763 g/mol. The van der Waals surface area contributed by atoms with Gasteiger partial charge in [-0.05, 0) is 135 Å². The average Bonchev–Trinajstić information content (AvgIpc) is 3.42. The number of aliphatic hydroxyl groups is 3. The molecule has 1 heterocycles. The van der Waals surface area contributed by atoms with Crippen LogP contribution in [0.5, 0.6) is 0 Å². The second-order valence-electron chi connectivity index (χ2n) is 16.8. The standard InChI is InChI=1S/C43H51ClFNO8/c1-40-17-15-32(47)24-29(40)9-14-33-34-16-18-43(52,41(34,2)25-35(48)38(33)40)37(49)26-53-39(50)54-36(27-5-12-31(45)13-6-27)4-3-21-46-22-19-42(51,20-23-46)28-7-10-30(44)11-8-28/h4-8,10-13,24,33-35,38,48,51-52H,3,9,14-23,25-26H2,1-2H3/b36-4-/t33-,34-,35-,38+,40-,41-,43-/m0/s1. The minimum atomic E-state index is -1.80. The lowest BCUT2D eigenvalue weighted by Crippen LogP contribution is -2.62. The maximum atomic E-state index is 13.8. The van der Waals surface area contributed by atoms with Crippen molar-refractivity contribution in [1.82, 2.24) is 4.90 Å². The van der Waals surface area contributed by atoms with Crippen LogP contribution in [-0.2, 0) is 24.7 Å². The van der Waals surface area contributed by atoms with E-state index < -0.39 is 47.1 Å². The normalized spacial score (nSPS) is 33.6. The first-order valence-corrected chi connectivity index (χ1v) is 19.7. The van der Waals surface area contributed by atoms with Gasteiger partial charge in [0.15, 0.2) is 12.4 Å². The molecule has 7 atom stereocenters. The third kappa shape index (κ3) is 7.09. The van der Waals surface area contributed by atoms with E-state index >= 15 is 0 Å². The van der Waals surface area contributed by atoms with Crippen LogP contribution in [0.25, 0.3) is 5.76 Å². The lowest BCUT2D eigenvalue weighted by Gasteiger charge is -2.60. The number of likely N-dealkylation sites (tertiary alicyclic amines) is 1. The van der Waals surface area contributed by atoms with Crippen LogP contribution in [0, 0.1) is 34.4 Å². The van der Waals surface area contributed by atoms with E-state index in [2.05, 4.69) is 11.8 Å². The molecule has 0 spiro atoms. The van der Waals surface area contributed by atoms with E-state index in [1.54, 1.807) is 24.3 Å². The van der Waals surface area contributed by atoms with Crippen molar-refractivity contribution < 1.29 is 43.6 Å². The van der Waals surface area contributed by atoms with Crippen LogP contribution in [0.15, 0.2) is 66.3 Å². The fraction of sp³-hybridized carbons (Fsp3) is 0.558. The minimum absolute atomic E-state index is 0.0121. The lowest BCUT2D eigenvalue weighted by molar-refractivity contribution is -0.182. The Hall–Kier alpha value is -3.41. The number of hydrogen-bond donors (Lipinski definition) is 3. The number of benzene rings is 2. The average molecular weight is 764 g/mol. The molecule has 290 valence electrons. The van der Waals surface area contributed by atoms with E-state index in [0.29, 0.717) is 68.7 Å². The molecule has 54 heavy (non-hydrogen) atoms. The van der Waals surface area contributed by atoms with Gasteiger partial charge in [-0.15, -0.1) is 0 Å². The van der Waals surface area contributed by atoms with Crippen molar-refractivity contribution in [3.63, 3.8) is 0 Å². The summed E-state index contributed by atoms with van der Waals surface area (Å²) in [6, 6.07) is 12.8. The molecule has 0 amide bonds. The molecule has 1 saturated heterocycles. The highest BCUT2D eigenvalue weighted by Gasteiger charge is 2.68. The molecule has 0 unspecified atom stereocenters. The van der Waals surface area contributed by atoms with Gasteiger partial charge in [-0.25, -0.2) is 9.18 Å². The van der Waals surface area contributed by atoms with Crippen molar-refractivity contribution in [1.29, 1.82) is 0 Å². The molecule has 2 aromatic rings. The van der Waals surface area contributed by atoms with Gasteiger partial charge in [0.2, 0.25) is 5.78 Å². The van der Waals surface area contributed by atoms with Crippen molar-refractivity contribution in [2.24, 2.45) is 28.6 Å². The molecule has 0 radical (unpaired) electrons. The van der Waals surface area contributed by atoms with Crippen LogP contribution in [0.2, 0.25) is 5.02 Å². The molecular formula is C43H51ClFNO8. The Balaban J connectivity index is 0.974. The van der Waals surface area contributed by atoms with Crippen molar-refractivity contribution in [3.05, 3.63) is 88.2 Å². The number of Topliss-reactive ketones (excluding diaryl/α,β-unsaturated/α-hetero) is 1. The van der Waals surface area contributed by atoms with Crippen molar-refractivity contribution >= 4 is 35.1 Å². The van der Waals surface area contributed by atoms with Crippen molar-refractivity contribution in [3.8, 4) is 0 Å². The molecule has 7 rings (SSSR count). The number of rotatable bonds is 9. The summed E-state index contributed by atoms with van der Waals surface area (Å²) in [7, 11) is 0. The first-order valence-electron chi connectivity index (χ1n) is 19.3. The number of hydrogen-bond acceptors (Lipinski definition) is 9. The van der Waals surface area contributed by atoms with Crippen LogP contribution in [-0.4, -0.2) is 75.9 Å². The Morgan fingerprint density at radius 2 is 1.69 bits per heavy atom. The van der Waals surface area contributed by atoms with Gasteiger partial charge in [-0.2, -0.15) is 0 Å². The maximum Gasteiger partial charge on any atom is 0.514 e. The van der Waals surface area contributed by atoms with Gasteiger partial charge in [0.05, 0.1) is 11.7 Å². The molecule has 3 saturated carbocycles. The van der Waals surface area contributed by atoms with Crippen LogP contribution >= 0.6 is 11.6 Å². The third-order valence-electron chi connectivity index (χ3n) is 14.0. The van der Waals surface area contributed by atoms with E-state index in [1.807, 2.05) is 19.1 Å². The van der Waals surface area contributed by atoms with Gasteiger partial charge in [0.25, 0.3) is 0 Å². The van der Waals surface area contributed by atoms with Gasteiger partial charge in [-0.1, -0.05) is 43.2 Å². The second kappa shape index (κ2) is 14.9. The van der Waals surface area contributed by atoms with Crippen molar-refractivity contribution in [2.45, 2.75) is 95.4 Å². The van der Waals surface area contributed by atoms with Crippen LogP contribution < -0.4 is 0 Å². The molecule has 5 aliphatic rings. The summed E-state index contributed by atoms with van der Waals surface area (Å²) in [5, 5.41) is 35.6. The molecule has 2 aromatic carbocycles. The van der Waals surface area contributed by atoms with E-state index in [1.165, 1.54) is 24.3 Å². The SMILES string of the molecule is C[C@]12CCC(=O)C=C1CC[C@@H]1[C@@H]2[C@@H](O)C[C@@]2(C)[C@H]1CC[C@]2(O)C(=O)COC(=O)O/C(=C\CCN1CCC(O)(c2ccc(Cl)cc2)CC1)c1ccc(F)cc1. The Bertz CT molecular complexity index is 1820. The Morgan fingerprint density at radius 3 is 2.39 bits per heavy atom. The smallest absolute Gasteiger partial charge is 0.426 e. The summed E-state index contributed by atoms with van der Waals surface area (Å²) in [5.41, 5.74) is -1.54. The first-order chi connectivity index (χ1) is 25.6. The van der Waals surface area contributed by atoms with Crippen LogP contribution in [0.4, 0.5) is 9.18 Å². The van der Waals surface area contributed by atoms with E-state index in [9.17, 15) is 34.1 Å². The highest BCUT2D eigenvalue weighted by Crippen LogP contribution is 2.67. The second-order valence-corrected chi connectivity index (χ2v) is 17.2. The molecule has 4 aliphatic carbocycles. The molecule has 0 aromatic heterocycles. The predicted octanol–water partition coefficient (Wildman–Crippen LogP) is 7.15. The van der Waals surface area contributed by atoms with Gasteiger partial charge >= 0.3 is 6.16 Å². The summed E-state index contributed by atoms with van der Waals surface area (Å²) in [4.78, 5) is 41.4. The summed E-state index contributed by atoms with van der Waals surface area (Å²) in [6.45, 7) is 5.27.